The second-order valence-electron chi connectivity index (χ2n) is 6.50. The molecule has 1 aliphatic heterocycles. The van der Waals surface area contributed by atoms with E-state index in [1.165, 1.54) is 48.4 Å². The number of nitrogens with zero attached hydrogens (tertiary/aromatic N) is 4. The number of halogens is 2. The first-order valence-electron chi connectivity index (χ1n) is 9.72. The lowest BCUT2D eigenvalue weighted by atomic mass is 10.1. The van der Waals surface area contributed by atoms with E-state index in [2.05, 4.69) is 20.0 Å². The third-order valence-electron chi connectivity index (χ3n) is 4.43. The second kappa shape index (κ2) is 10.1. The maximum atomic E-state index is 12.8. The molecular weight excluding hydrogens is 474 g/mol. The maximum Gasteiger partial charge on any atom is 0.387 e. The Kier molecular flexibility index (Phi) is 7.04. The van der Waals surface area contributed by atoms with Gasteiger partial charge in [0.15, 0.2) is 17.3 Å². The maximum absolute atomic E-state index is 12.8. The van der Waals surface area contributed by atoms with Gasteiger partial charge in [-0.2, -0.15) is 18.6 Å². The molecule has 0 unspecified atom stereocenters. The zero-order valence-corrected chi connectivity index (χ0v) is 19.2. The van der Waals surface area contributed by atoms with Gasteiger partial charge in [0.2, 0.25) is 5.16 Å². The molecule has 3 heterocycles. The molecule has 12 heteroatoms. The van der Waals surface area contributed by atoms with Crippen LogP contribution < -0.4 is 9.47 Å². The summed E-state index contributed by atoms with van der Waals surface area (Å²) in [5.74, 6) is 0.383. The lowest BCUT2D eigenvalue weighted by Crippen LogP contribution is -2.21. The molecule has 2 aromatic heterocycles. The van der Waals surface area contributed by atoms with E-state index >= 15 is 0 Å². The van der Waals surface area contributed by atoms with Gasteiger partial charge in [0, 0.05) is 5.75 Å². The van der Waals surface area contributed by atoms with Crippen LogP contribution in [0.4, 0.5) is 8.78 Å². The summed E-state index contributed by atoms with van der Waals surface area (Å²) in [5.41, 5.74) is 1.22. The lowest BCUT2D eigenvalue weighted by Gasteiger charge is -2.16. The topological polar surface area (TPSA) is 87.8 Å². The number of carbonyl (C=O) groups is 1. The number of ether oxygens (including phenoxy) is 3. The Bertz CT molecular complexity index is 1210. The van der Waals surface area contributed by atoms with Crippen LogP contribution in [0.1, 0.15) is 12.5 Å². The van der Waals surface area contributed by atoms with Crippen LogP contribution in [0.2, 0.25) is 0 Å². The van der Waals surface area contributed by atoms with Gasteiger partial charge in [0.05, 0.1) is 29.9 Å². The van der Waals surface area contributed by atoms with Crippen LogP contribution in [0.25, 0.3) is 16.8 Å². The van der Waals surface area contributed by atoms with Crippen LogP contribution >= 0.6 is 23.1 Å². The van der Waals surface area contributed by atoms with Crippen molar-refractivity contribution in [2.45, 2.75) is 18.7 Å². The zero-order chi connectivity index (χ0) is 23.4. The average Bonchev–Trinajstić information content (AvgIpc) is 3.47. The van der Waals surface area contributed by atoms with Crippen LogP contribution in [-0.2, 0) is 9.53 Å². The van der Waals surface area contributed by atoms with Gasteiger partial charge in [-0.15, -0.1) is 21.5 Å². The number of aromatic nitrogens is 3. The summed E-state index contributed by atoms with van der Waals surface area (Å²) in [5, 5.41) is 15.6. The number of hydrogen-bond acceptors (Lipinski definition) is 9. The zero-order valence-electron chi connectivity index (χ0n) is 17.5. The van der Waals surface area contributed by atoms with E-state index in [0.29, 0.717) is 28.0 Å². The normalized spacial score (nSPS) is 13.5. The van der Waals surface area contributed by atoms with Crippen molar-refractivity contribution in [1.82, 2.24) is 14.9 Å². The standard InChI is InChI=1S/C21H18F2N4O4S2/c1-3-30-19(28)13(9-12-6-7-15(31-20(22)23)16(10-12)29-2)14-11-33-21-25-24-18(27(21)26-14)17-5-4-8-32-17/h4-10,20H,3,11H2,1-2H3/b13-9-. The summed E-state index contributed by atoms with van der Waals surface area (Å²) in [4.78, 5) is 13.7. The summed E-state index contributed by atoms with van der Waals surface area (Å²) in [6.07, 6.45) is 1.58. The molecule has 0 bridgehead atoms. The number of thioether (sulfide) groups is 1. The number of thiophene rings is 1. The third-order valence-corrected chi connectivity index (χ3v) is 6.23. The Balaban J connectivity index is 1.75. The number of methoxy groups -OCH3 is 1. The van der Waals surface area contributed by atoms with E-state index in [-0.39, 0.29) is 23.7 Å². The van der Waals surface area contributed by atoms with Crippen molar-refractivity contribution in [2.75, 3.05) is 19.5 Å². The molecule has 0 saturated carbocycles. The summed E-state index contributed by atoms with van der Waals surface area (Å²) < 4.78 is 41.7. The predicted molar refractivity (Wildman–Crippen MR) is 121 cm³/mol. The summed E-state index contributed by atoms with van der Waals surface area (Å²) >= 11 is 2.90. The molecule has 0 fully saturated rings. The van der Waals surface area contributed by atoms with E-state index in [0.717, 1.165) is 4.88 Å². The Hall–Kier alpha value is -3.25. The largest absolute Gasteiger partial charge is 0.493 e. The molecule has 172 valence electrons. The number of benzene rings is 1. The number of hydrogen-bond donors (Lipinski definition) is 0. The van der Waals surface area contributed by atoms with E-state index in [9.17, 15) is 13.6 Å². The molecule has 0 N–H and O–H groups in total. The molecule has 33 heavy (non-hydrogen) atoms. The Morgan fingerprint density at radius 3 is 2.82 bits per heavy atom. The SMILES string of the molecule is CCOC(=O)/C(=C\c1ccc(OC(F)F)c(OC)c1)C1=Nn2c(nnc2-c2cccs2)SC1. The van der Waals surface area contributed by atoms with Gasteiger partial charge in [-0.3, -0.25) is 0 Å². The van der Waals surface area contributed by atoms with Crippen molar-refractivity contribution in [3.63, 3.8) is 0 Å². The van der Waals surface area contributed by atoms with Crippen molar-refractivity contribution in [1.29, 1.82) is 0 Å². The van der Waals surface area contributed by atoms with Gasteiger partial charge < -0.3 is 14.2 Å². The van der Waals surface area contributed by atoms with Crippen LogP contribution in [0.15, 0.2) is 51.5 Å². The molecular formula is C21H18F2N4O4S2. The minimum atomic E-state index is -2.99. The van der Waals surface area contributed by atoms with Crippen molar-refractivity contribution >= 4 is 40.9 Å². The van der Waals surface area contributed by atoms with Crippen LogP contribution in [0, 0.1) is 0 Å². The molecule has 0 spiro atoms. The smallest absolute Gasteiger partial charge is 0.387 e. The van der Waals surface area contributed by atoms with Crippen LogP contribution in [-0.4, -0.2) is 52.6 Å². The molecule has 0 amide bonds. The summed E-state index contributed by atoms with van der Waals surface area (Å²) in [6.45, 7) is -1.10. The number of rotatable bonds is 8. The van der Waals surface area contributed by atoms with Gasteiger partial charge in [0.1, 0.15) is 0 Å². The fourth-order valence-corrected chi connectivity index (χ4v) is 4.54. The van der Waals surface area contributed by atoms with Crippen molar-refractivity contribution < 1.29 is 27.8 Å². The fourth-order valence-electron chi connectivity index (χ4n) is 3.02. The Morgan fingerprint density at radius 1 is 1.27 bits per heavy atom. The molecule has 0 aliphatic carbocycles. The fraction of sp³-hybridized carbons (Fsp3) is 0.238. The molecule has 4 rings (SSSR count). The molecule has 1 aliphatic rings. The third kappa shape index (κ3) is 5.06. The highest BCUT2D eigenvalue weighted by molar-refractivity contribution is 7.99. The first-order valence-corrected chi connectivity index (χ1v) is 11.6. The minimum Gasteiger partial charge on any atom is -0.493 e. The predicted octanol–water partition coefficient (Wildman–Crippen LogP) is 4.57. The molecule has 0 radical (unpaired) electrons. The number of fused-ring (bicyclic) bond motifs is 1. The summed E-state index contributed by atoms with van der Waals surface area (Å²) in [7, 11) is 1.34. The highest BCUT2D eigenvalue weighted by atomic mass is 32.2. The first-order chi connectivity index (χ1) is 16.0. The Morgan fingerprint density at radius 2 is 2.12 bits per heavy atom. The van der Waals surface area contributed by atoms with Crippen molar-refractivity contribution in [3.05, 3.63) is 46.8 Å². The van der Waals surface area contributed by atoms with E-state index in [1.54, 1.807) is 17.7 Å². The molecule has 0 atom stereocenters. The summed E-state index contributed by atoms with van der Waals surface area (Å²) in [6, 6.07) is 8.20. The molecule has 3 aromatic rings. The van der Waals surface area contributed by atoms with E-state index in [1.807, 2.05) is 17.5 Å². The average molecular weight is 493 g/mol. The molecule has 1 aromatic carbocycles. The van der Waals surface area contributed by atoms with Crippen molar-refractivity contribution in [2.24, 2.45) is 5.10 Å². The minimum absolute atomic E-state index is 0.105. The van der Waals surface area contributed by atoms with Gasteiger partial charge >= 0.3 is 12.6 Å². The van der Waals surface area contributed by atoms with Gasteiger partial charge in [-0.25, -0.2) is 4.79 Å². The van der Waals surface area contributed by atoms with E-state index < -0.39 is 12.6 Å². The van der Waals surface area contributed by atoms with Crippen molar-refractivity contribution in [3.8, 4) is 22.2 Å². The van der Waals surface area contributed by atoms with Gasteiger partial charge in [-0.1, -0.05) is 23.9 Å². The number of carbonyl (C=O) groups excluding carboxylic acids is 1. The number of alkyl halides is 2. The monoisotopic (exact) mass is 492 g/mol. The Labute approximate surface area is 195 Å². The van der Waals surface area contributed by atoms with Crippen LogP contribution in [0.3, 0.4) is 0 Å². The van der Waals surface area contributed by atoms with Crippen LogP contribution in [0.5, 0.6) is 11.5 Å². The second-order valence-corrected chi connectivity index (χ2v) is 8.39. The van der Waals surface area contributed by atoms with Gasteiger partial charge in [0.25, 0.3) is 0 Å². The highest BCUT2D eigenvalue weighted by Crippen LogP contribution is 2.33. The molecule has 0 saturated heterocycles. The highest BCUT2D eigenvalue weighted by Gasteiger charge is 2.26. The van der Waals surface area contributed by atoms with E-state index in [4.69, 9.17) is 9.47 Å². The van der Waals surface area contributed by atoms with Gasteiger partial charge in [-0.05, 0) is 42.1 Å². The lowest BCUT2D eigenvalue weighted by molar-refractivity contribution is -0.137. The first kappa shape index (κ1) is 22.9. The number of esters is 1. The molecule has 8 nitrogen and oxygen atoms in total. The quantitative estimate of drug-likeness (QED) is 0.336.